The van der Waals surface area contributed by atoms with Gasteiger partial charge >= 0.3 is 0 Å². The summed E-state index contributed by atoms with van der Waals surface area (Å²) < 4.78 is 21.7. The molecule has 0 atom stereocenters. The molecule has 7 heteroatoms. The number of H-pyrrole nitrogens is 1. The van der Waals surface area contributed by atoms with Crippen molar-refractivity contribution in [3.8, 4) is 0 Å². The molecule has 12 heavy (non-hydrogen) atoms. The number of sulfonamides is 1. The number of primary sulfonamides is 1. The van der Waals surface area contributed by atoms with Gasteiger partial charge in [0.2, 0.25) is 0 Å². The molecule has 0 aliphatic carbocycles. The van der Waals surface area contributed by atoms with Gasteiger partial charge in [0.25, 0.3) is 10.0 Å². The number of nitrogens with one attached hydrogen (secondary N) is 1. The summed E-state index contributed by atoms with van der Waals surface area (Å²) in [4.78, 5) is 6.24. The Kier molecular flexibility index (Phi) is 2.46. The van der Waals surface area contributed by atoms with Crippen molar-refractivity contribution in [2.75, 3.05) is 6.54 Å². The second kappa shape index (κ2) is 3.21. The zero-order chi connectivity index (χ0) is 9.19. The normalized spacial score (nSPS) is 11.8. The standard InChI is InChI=1S/C5H10N4O2S/c6-2-1-4-5(9-3-8-4)12(7,10)11/h3H,1-2,6H2,(H,8,9)(H2,7,10,11). The molecule has 0 saturated heterocycles. The Balaban J connectivity index is 3.08. The SMILES string of the molecule is NCCc1[nH]cnc1S(N)(=O)=O. The van der Waals surface area contributed by atoms with E-state index in [1.807, 2.05) is 0 Å². The third-order valence-electron chi connectivity index (χ3n) is 1.34. The zero-order valence-electron chi connectivity index (χ0n) is 6.32. The van der Waals surface area contributed by atoms with E-state index in [1.54, 1.807) is 0 Å². The number of rotatable bonds is 3. The molecule has 0 amide bonds. The maximum atomic E-state index is 10.8. The minimum atomic E-state index is -3.71. The first-order valence-corrected chi connectivity index (χ1v) is 4.85. The summed E-state index contributed by atoms with van der Waals surface area (Å²) in [5.74, 6) is 0. The molecule has 68 valence electrons. The van der Waals surface area contributed by atoms with Crippen LogP contribution in [-0.4, -0.2) is 24.9 Å². The average molecular weight is 190 g/mol. The van der Waals surface area contributed by atoms with Crippen molar-refractivity contribution in [2.45, 2.75) is 11.4 Å². The van der Waals surface area contributed by atoms with Gasteiger partial charge in [-0.15, -0.1) is 0 Å². The average Bonchev–Trinajstić information content (AvgIpc) is 2.34. The van der Waals surface area contributed by atoms with E-state index in [9.17, 15) is 8.42 Å². The van der Waals surface area contributed by atoms with Gasteiger partial charge < -0.3 is 10.7 Å². The highest BCUT2D eigenvalue weighted by Crippen LogP contribution is 2.07. The van der Waals surface area contributed by atoms with Crippen molar-refractivity contribution < 1.29 is 8.42 Å². The monoisotopic (exact) mass is 190 g/mol. The maximum absolute atomic E-state index is 10.8. The van der Waals surface area contributed by atoms with Gasteiger partial charge in [-0.05, 0) is 6.54 Å². The van der Waals surface area contributed by atoms with Gasteiger partial charge in [0.15, 0.2) is 5.03 Å². The van der Waals surface area contributed by atoms with Crippen LogP contribution in [0.3, 0.4) is 0 Å². The van der Waals surface area contributed by atoms with E-state index in [1.165, 1.54) is 6.33 Å². The molecule has 1 heterocycles. The van der Waals surface area contributed by atoms with Crippen molar-refractivity contribution >= 4 is 10.0 Å². The zero-order valence-corrected chi connectivity index (χ0v) is 7.13. The Morgan fingerprint density at radius 1 is 1.58 bits per heavy atom. The molecule has 0 saturated carbocycles. The quantitative estimate of drug-likeness (QED) is 0.541. The van der Waals surface area contributed by atoms with Crippen molar-refractivity contribution in [1.82, 2.24) is 9.97 Å². The van der Waals surface area contributed by atoms with Gasteiger partial charge in [0, 0.05) is 6.42 Å². The van der Waals surface area contributed by atoms with Crippen LogP contribution < -0.4 is 10.9 Å². The molecule has 0 fully saturated rings. The Morgan fingerprint density at radius 3 is 2.75 bits per heavy atom. The molecule has 0 aliphatic heterocycles. The van der Waals surface area contributed by atoms with E-state index in [-0.39, 0.29) is 5.03 Å². The van der Waals surface area contributed by atoms with Crippen LogP contribution in [0, 0.1) is 0 Å². The van der Waals surface area contributed by atoms with Gasteiger partial charge in [-0.25, -0.2) is 18.5 Å². The van der Waals surface area contributed by atoms with E-state index >= 15 is 0 Å². The van der Waals surface area contributed by atoms with Gasteiger partial charge in [-0.3, -0.25) is 0 Å². The number of imidazole rings is 1. The summed E-state index contributed by atoms with van der Waals surface area (Å²) >= 11 is 0. The third-order valence-corrected chi connectivity index (χ3v) is 2.23. The van der Waals surface area contributed by atoms with Crippen molar-refractivity contribution in [1.29, 1.82) is 0 Å². The van der Waals surface area contributed by atoms with E-state index < -0.39 is 10.0 Å². The highest BCUT2D eigenvalue weighted by molar-refractivity contribution is 7.89. The van der Waals surface area contributed by atoms with E-state index in [2.05, 4.69) is 9.97 Å². The van der Waals surface area contributed by atoms with Crippen LogP contribution in [0.5, 0.6) is 0 Å². The fourth-order valence-electron chi connectivity index (χ4n) is 0.877. The van der Waals surface area contributed by atoms with Gasteiger partial charge in [-0.1, -0.05) is 0 Å². The van der Waals surface area contributed by atoms with Crippen LogP contribution in [-0.2, 0) is 16.4 Å². The smallest absolute Gasteiger partial charge is 0.257 e. The highest BCUT2D eigenvalue weighted by Gasteiger charge is 2.15. The summed E-state index contributed by atoms with van der Waals surface area (Å²) in [6, 6.07) is 0. The Bertz CT molecular complexity index is 355. The number of hydrogen-bond donors (Lipinski definition) is 3. The molecule has 1 rings (SSSR count). The lowest BCUT2D eigenvalue weighted by Crippen LogP contribution is -2.16. The molecule has 0 bridgehead atoms. The van der Waals surface area contributed by atoms with Crippen LogP contribution in [0.1, 0.15) is 5.69 Å². The largest absolute Gasteiger partial charge is 0.347 e. The number of nitrogens with two attached hydrogens (primary N) is 2. The van der Waals surface area contributed by atoms with E-state index in [0.29, 0.717) is 18.7 Å². The van der Waals surface area contributed by atoms with Crippen molar-refractivity contribution in [3.05, 3.63) is 12.0 Å². The molecular weight excluding hydrogens is 180 g/mol. The first-order chi connectivity index (χ1) is 5.55. The predicted octanol–water partition coefficient (Wildman–Crippen LogP) is -1.44. The summed E-state index contributed by atoms with van der Waals surface area (Å²) in [7, 11) is -3.71. The highest BCUT2D eigenvalue weighted by atomic mass is 32.2. The lowest BCUT2D eigenvalue weighted by Gasteiger charge is -1.96. The van der Waals surface area contributed by atoms with Gasteiger partial charge in [0.05, 0.1) is 12.0 Å². The van der Waals surface area contributed by atoms with Gasteiger partial charge in [-0.2, -0.15) is 0 Å². The summed E-state index contributed by atoms with van der Waals surface area (Å²) in [6.45, 7) is 0.352. The molecule has 0 unspecified atom stereocenters. The van der Waals surface area contributed by atoms with Crippen molar-refractivity contribution in [2.24, 2.45) is 10.9 Å². The number of hydrogen-bond acceptors (Lipinski definition) is 4. The minimum absolute atomic E-state index is 0.118. The predicted molar refractivity (Wildman–Crippen MR) is 42.7 cm³/mol. The van der Waals surface area contributed by atoms with Crippen LogP contribution in [0.2, 0.25) is 0 Å². The number of aromatic nitrogens is 2. The Labute approximate surface area is 70.0 Å². The second-order valence-corrected chi connectivity index (χ2v) is 3.75. The minimum Gasteiger partial charge on any atom is -0.347 e. The Hall–Kier alpha value is -0.920. The topological polar surface area (TPSA) is 115 Å². The number of nitrogens with zero attached hydrogens (tertiary/aromatic N) is 1. The van der Waals surface area contributed by atoms with Crippen LogP contribution in [0.25, 0.3) is 0 Å². The summed E-state index contributed by atoms with van der Waals surface area (Å²) in [5, 5.41) is 4.76. The van der Waals surface area contributed by atoms with Crippen LogP contribution in [0.15, 0.2) is 11.4 Å². The molecule has 0 spiro atoms. The fourth-order valence-corrected chi connectivity index (χ4v) is 1.58. The van der Waals surface area contributed by atoms with Crippen LogP contribution in [0.4, 0.5) is 0 Å². The second-order valence-electron chi connectivity index (χ2n) is 2.27. The Morgan fingerprint density at radius 2 is 2.25 bits per heavy atom. The molecule has 0 aliphatic rings. The number of aromatic amines is 1. The van der Waals surface area contributed by atoms with Gasteiger partial charge in [0.1, 0.15) is 0 Å². The van der Waals surface area contributed by atoms with E-state index in [0.717, 1.165) is 0 Å². The lowest BCUT2D eigenvalue weighted by atomic mass is 10.3. The molecule has 1 aromatic rings. The summed E-state index contributed by atoms with van der Waals surface area (Å²) in [6.07, 6.45) is 1.70. The maximum Gasteiger partial charge on any atom is 0.257 e. The lowest BCUT2D eigenvalue weighted by molar-refractivity contribution is 0.593. The molecule has 5 N–H and O–H groups in total. The first-order valence-electron chi connectivity index (χ1n) is 3.31. The van der Waals surface area contributed by atoms with Crippen molar-refractivity contribution in [3.63, 3.8) is 0 Å². The molecule has 1 aromatic heterocycles. The summed E-state index contributed by atoms with van der Waals surface area (Å²) in [5.41, 5.74) is 5.71. The van der Waals surface area contributed by atoms with Crippen LogP contribution >= 0.6 is 0 Å². The molecule has 6 nitrogen and oxygen atoms in total. The third kappa shape index (κ3) is 1.81. The van der Waals surface area contributed by atoms with E-state index in [4.69, 9.17) is 10.9 Å². The molecule has 0 aromatic carbocycles. The first kappa shape index (κ1) is 9.17. The fraction of sp³-hybridized carbons (Fsp3) is 0.400. The molecular formula is C5H10N4O2S. The molecule has 0 radical (unpaired) electrons.